The molecule has 0 aliphatic rings. The summed E-state index contributed by atoms with van der Waals surface area (Å²) in [7, 11) is 1.96. The van der Waals surface area contributed by atoms with Crippen LogP contribution in [0.25, 0.3) is 0 Å². The number of hydrogen-bond donors (Lipinski definition) is 2. The Bertz CT molecular complexity index is 250. The van der Waals surface area contributed by atoms with Gasteiger partial charge >= 0.3 is 0 Å². The molecule has 0 amide bonds. The van der Waals surface area contributed by atoms with Gasteiger partial charge in [-0.1, -0.05) is 34.1 Å². The minimum Gasteiger partial charge on any atom is -0.318 e. The van der Waals surface area contributed by atoms with Gasteiger partial charge in [-0.15, -0.1) is 0 Å². The van der Waals surface area contributed by atoms with Crippen molar-refractivity contribution < 1.29 is 0 Å². The standard InChI is InChI=1S/C10H15BrN2/c1-12-6-7-13-8-9-4-2-3-5-10(9)11/h2-5,12-13H,6-8H2,1H3. The second-order valence-electron chi connectivity index (χ2n) is 2.87. The lowest BCUT2D eigenvalue weighted by molar-refractivity contribution is 0.649. The summed E-state index contributed by atoms with van der Waals surface area (Å²) in [5, 5.41) is 6.45. The third kappa shape index (κ3) is 3.89. The van der Waals surface area contributed by atoms with E-state index < -0.39 is 0 Å². The highest BCUT2D eigenvalue weighted by molar-refractivity contribution is 9.10. The molecular formula is C10H15BrN2. The second-order valence-corrected chi connectivity index (χ2v) is 3.73. The van der Waals surface area contributed by atoms with E-state index >= 15 is 0 Å². The summed E-state index contributed by atoms with van der Waals surface area (Å²) in [6, 6.07) is 8.27. The molecule has 13 heavy (non-hydrogen) atoms. The van der Waals surface area contributed by atoms with Crippen LogP contribution in [0.4, 0.5) is 0 Å². The summed E-state index contributed by atoms with van der Waals surface area (Å²) >= 11 is 3.51. The highest BCUT2D eigenvalue weighted by Gasteiger charge is 1.96. The molecule has 0 fully saturated rings. The molecular weight excluding hydrogens is 228 g/mol. The summed E-state index contributed by atoms with van der Waals surface area (Å²) in [5.74, 6) is 0. The lowest BCUT2D eigenvalue weighted by Gasteiger charge is -2.05. The van der Waals surface area contributed by atoms with Crippen molar-refractivity contribution in [2.24, 2.45) is 0 Å². The van der Waals surface area contributed by atoms with Crippen LogP contribution < -0.4 is 10.6 Å². The van der Waals surface area contributed by atoms with E-state index in [-0.39, 0.29) is 0 Å². The van der Waals surface area contributed by atoms with Crippen LogP contribution in [0, 0.1) is 0 Å². The molecule has 0 aliphatic carbocycles. The van der Waals surface area contributed by atoms with E-state index in [0.29, 0.717) is 0 Å². The van der Waals surface area contributed by atoms with E-state index in [1.54, 1.807) is 0 Å². The van der Waals surface area contributed by atoms with Gasteiger partial charge < -0.3 is 10.6 Å². The second kappa shape index (κ2) is 6.13. The van der Waals surface area contributed by atoms with E-state index in [9.17, 15) is 0 Å². The zero-order valence-electron chi connectivity index (χ0n) is 7.81. The first-order chi connectivity index (χ1) is 6.34. The van der Waals surface area contributed by atoms with E-state index in [1.165, 1.54) is 10.0 Å². The molecule has 0 atom stereocenters. The molecule has 2 N–H and O–H groups in total. The molecule has 0 saturated heterocycles. The van der Waals surface area contributed by atoms with E-state index in [2.05, 4.69) is 44.8 Å². The number of nitrogens with one attached hydrogen (secondary N) is 2. The topological polar surface area (TPSA) is 24.1 Å². The summed E-state index contributed by atoms with van der Waals surface area (Å²) < 4.78 is 1.17. The van der Waals surface area contributed by atoms with Gasteiger partial charge in [-0.3, -0.25) is 0 Å². The molecule has 2 nitrogen and oxygen atoms in total. The maximum atomic E-state index is 3.51. The van der Waals surface area contributed by atoms with Gasteiger partial charge in [0.2, 0.25) is 0 Å². The van der Waals surface area contributed by atoms with Crippen LogP contribution in [-0.4, -0.2) is 20.1 Å². The zero-order valence-corrected chi connectivity index (χ0v) is 9.39. The Hall–Kier alpha value is -0.380. The first kappa shape index (κ1) is 10.7. The van der Waals surface area contributed by atoms with Crippen LogP contribution in [0.3, 0.4) is 0 Å². The zero-order chi connectivity index (χ0) is 9.52. The van der Waals surface area contributed by atoms with Gasteiger partial charge in [-0.05, 0) is 18.7 Å². The highest BCUT2D eigenvalue weighted by atomic mass is 79.9. The van der Waals surface area contributed by atoms with Crippen LogP contribution in [-0.2, 0) is 6.54 Å². The molecule has 0 radical (unpaired) electrons. The quantitative estimate of drug-likeness (QED) is 0.770. The number of hydrogen-bond acceptors (Lipinski definition) is 2. The third-order valence-corrected chi connectivity index (χ3v) is 2.60. The largest absolute Gasteiger partial charge is 0.318 e. The molecule has 0 aliphatic heterocycles. The van der Waals surface area contributed by atoms with E-state index in [1.807, 2.05) is 13.1 Å². The lowest BCUT2D eigenvalue weighted by Crippen LogP contribution is -2.24. The smallest absolute Gasteiger partial charge is 0.0220 e. The van der Waals surface area contributed by atoms with Crippen molar-refractivity contribution in [3.05, 3.63) is 34.3 Å². The molecule has 0 saturated carbocycles. The number of likely N-dealkylation sites (N-methyl/N-ethyl adjacent to an activating group) is 1. The van der Waals surface area contributed by atoms with Gasteiger partial charge in [0.05, 0.1) is 0 Å². The summed E-state index contributed by atoms with van der Waals surface area (Å²) in [6.45, 7) is 2.92. The Morgan fingerprint density at radius 2 is 2.00 bits per heavy atom. The van der Waals surface area contributed by atoms with Crippen molar-refractivity contribution in [1.82, 2.24) is 10.6 Å². The number of halogens is 1. The summed E-state index contributed by atoms with van der Waals surface area (Å²) in [5.41, 5.74) is 1.30. The molecule has 1 aromatic rings. The molecule has 0 bridgehead atoms. The molecule has 0 spiro atoms. The minimum atomic E-state index is 0.920. The monoisotopic (exact) mass is 242 g/mol. The molecule has 0 aromatic heterocycles. The predicted octanol–water partition coefficient (Wildman–Crippen LogP) is 1.76. The van der Waals surface area contributed by atoms with Crippen molar-refractivity contribution in [1.29, 1.82) is 0 Å². The molecule has 1 aromatic carbocycles. The molecule has 3 heteroatoms. The SMILES string of the molecule is CNCCNCc1ccccc1Br. The lowest BCUT2D eigenvalue weighted by atomic mass is 10.2. The molecule has 0 unspecified atom stereocenters. The van der Waals surface area contributed by atoms with Crippen LogP contribution in [0.5, 0.6) is 0 Å². The minimum absolute atomic E-state index is 0.920. The maximum Gasteiger partial charge on any atom is 0.0220 e. The number of rotatable bonds is 5. The van der Waals surface area contributed by atoms with Crippen molar-refractivity contribution >= 4 is 15.9 Å². The van der Waals surface area contributed by atoms with Gasteiger partial charge in [0.25, 0.3) is 0 Å². The van der Waals surface area contributed by atoms with Crippen LogP contribution in [0.1, 0.15) is 5.56 Å². The highest BCUT2D eigenvalue weighted by Crippen LogP contribution is 2.14. The van der Waals surface area contributed by atoms with Gasteiger partial charge in [0, 0.05) is 24.1 Å². The van der Waals surface area contributed by atoms with Gasteiger partial charge in [0.15, 0.2) is 0 Å². The maximum absolute atomic E-state index is 3.51. The molecule has 0 heterocycles. The Morgan fingerprint density at radius 1 is 1.23 bits per heavy atom. The first-order valence-corrected chi connectivity index (χ1v) is 5.22. The third-order valence-electron chi connectivity index (χ3n) is 1.83. The van der Waals surface area contributed by atoms with Gasteiger partial charge in [-0.25, -0.2) is 0 Å². The van der Waals surface area contributed by atoms with E-state index in [4.69, 9.17) is 0 Å². The van der Waals surface area contributed by atoms with Crippen molar-refractivity contribution in [2.45, 2.75) is 6.54 Å². The Morgan fingerprint density at radius 3 is 2.69 bits per heavy atom. The Labute approximate surface area is 87.9 Å². The van der Waals surface area contributed by atoms with Crippen LogP contribution in [0.15, 0.2) is 28.7 Å². The number of benzene rings is 1. The first-order valence-electron chi connectivity index (χ1n) is 4.43. The van der Waals surface area contributed by atoms with Crippen LogP contribution >= 0.6 is 15.9 Å². The summed E-state index contributed by atoms with van der Waals surface area (Å²) in [4.78, 5) is 0. The van der Waals surface area contributed by atoms with Crippen molar-refractivity contribution in [2.75, 3.05) is 20.1 Å². The fourth-order valence-electron chi connectivity index (χ4n) is 1.08. The van der Waals surface area contributed by atoms with Crippen molar-refractivity contribution in [3.8, 4) is 0 Å². The fourth-order valence-corrected chi connectivity index (χ4v) is 1.50. The van der Waals surface area contributed by atoms with E-state index in [0.717, 1.165) is 19.6 Å². The predicted molar refractivity (Wildman–Crippen MR) is 59.8 cm³/mol. The Kier molecular flexibility index (Phi) is 5.05. The average molecular weight is 243 g/mol. The molecule has 72 valence electrons. The van der Waals surface area contributed by atoms with Gasteiger partial charge in [-0.2, -0.15) is 0 Å². The fraction of sp³-hybridized carbons (Fsp3) is 0.400. The normalized spacial score (nSPS) is 10.3. The average Bonchev–Trinajstić information content (AvgIpc) is 2.15. The summed E-state index contributed by atoms with van der Waals surface area (Å²) in [6.07, 6.45) is 0. The van der Waals surface area contributed by atoms with Gasteiger partial charge in [0.1, 0.15) is 0 Å². The molecule has 1 rings (SSSR count). The Balaban J connectivity index is 2.32. The van der Waals surface area contributed by atoms with Crippen molar-refractivity contribution in [3.63, 3.8) is 0 Å². The van der Waals surface area contributed by atoms with Crippen LogP contribution in [0.2, 0.25) is 0 Å².